The van der Waals surface area contributed by atoms with Crippen LogP contribution in [0.2, 0.25) is 0 Å². The Hall–Kier alpha value is -2.19. The molecule has 0 radical (unpaired) electrons. The fourth-order valence-corrected chi connectivity index (χ4v) is 6.77. The highest BCUT2D eigenvalue weighted by atomic mass is 16.6. The second kappa shape index (κ2) is 38.7. The number of likely N-dealkylation sites (N-methyl/N-ethyl adjacent to an activating group) is 1. The van der Waals surface area contributed by atoms with Crippen LogP contribution < -0.4 is 0 Å². The van der Waals surface area contributed by atoms with E-state index in [0.29, 0.717) is 19.3 Å². The minimum atomic E-state index is -0.875. The van der Waals surface area contributed by atoms with Crippen LogP contribution in [-0.2, 0) is 28.6 Å². The van der Waals surface area contributed by atoms with Gasteiger partial charge in [0.25, 0.3) is 0 Å². The molecule has 0 saturated carbocycles. The average molecular weight is 779 g/mol. The molecule has 0 aromatic carbocycles. The van der Waals surface area contributed by atoms with E-state index in [0.717, 1.165) is 51.4 Å². The molecular formula is C47H88NO7+. The minimum Gasteiger partial charge on any atom is -0.477 e. The first-order valence-electron chi connectivity index (χ1n) is 22.9. The minimum absolute atomic E-state index is 0.0507. The summed E-state index contributed by atoms with van der Waals surface area (Å²) in [4.78, 5) is 36.9. The predicted molar refractivity (Wildman–Crippen MR) is 229 cm³/mol. The van der Waals surface area contributed by atoms with Gasteiger partial charge in [-0.05, 0) is 44.9 Å². The van der Waals surface area contributed by atoms with Gasteiger partial charge in [-0.2, -0.15) is 0 Å². The average Bonchev–Trinajstić information content (AvgIpc) is 3.14. The number of aliphatic carboxylic acids is 1. The van der Waals surface area contributed by atoms with E-state index in [-0.39, 0.29) is 36.2 Å². The van der Waals surface area contributed by atoms with E-state index >= 15 is 0 Å². The summed E-state index contributed by atoms with van der Waals surface area (Å²) in [5, 5.41) is 9.61. The molecule has 0 aromatic rings. The fraction of sp³-hybridized carbons (Fsp3) is 0.851. The van der Waals surface area contributed by atoms with Crippen molar-refractivity contribution in [3.05, 3.63) is 24.3 Å². The Kier molecular flexibility index (Phi) is 37.1. The Morgan fingerprint density at radius 1 is 0.545 bits per heavy atom. The predicted octanol–water partition coefficient (Wildman–Crippen LogP) is 12.5. The Balaban J connectivity index is 4.23. The molecule has 0 heterocycles. The van der Waals surface area contributed by atoms with Crippen molar-refractivity contribution >= 4 is 17.9 Å². The number of carbonyl (C=O) groups is 3. The number of ether oxygens (including phenoxy) is 3. The summed E-state index contributed by atoms with van der Waals surface area (Å²) in [6, 6.07) is -0.612. The Morgan fingerprint density at radius 3 is 1.40 bits per heavy atom. The van der Waals surface area contributed by atoms with Crippen LogP contribution in [0.25, 0.3) is 0 Å². The maximum atomic E-state index is 12.7. The van der Waals surface area contributed by atoms with Crippen LogP contribution in [0.3, 0.4) is 0 Å². The molecule has 0 aromatic heterocycles. The number of carboxylic acids is 1. The summed E-state index contributed by atoms with van der Waals surface area (Å²) in [5.74, 6) is -1.47. The van der Waals surface area contributed by atoms with E-state index in [2.05, 4.69) is 38.2 Å². The van der Waals surface area contributed by atoms with Crippen molar-refractivity contribution < 1.29 is 38.2 Å². The maximum Gasteiger partial charge on any atom is 0.362 e. The lowest BCUT2D eigenvalue weighted by Crippen LogP contribution is -2.50. The van der Waals surface area contributed by atoms with Gasteiger partial charge in [0.2, 0.25) is 0 Å². The van der Waals surface area contributed by atoms with Gasteiger partial charge in [-0.1, -0.05) is 167 Å². The molecule has 0 aliphatic heterocycles. The smallest absolute Gasteiger partial charge is 0.362 e. The molecule has 0 rings (SSSR count). The Bertz CT molecular complexity index is 957. The van der Waals surface area contributed by atoms with Crippen molar-refractivity contribution in [2.24, 2.45) is 0 Å². The number of rotatable bonds is 41. The van der Waals surface area contributed by atoms with Crippen molar-refractivity contribution in [3.63, 3.8) is 0 Å². The highest BCUT2D eigenvalue weighted by Gasteiger charge is 2.31. The highest BCUT2D eigenvalue weighted by Crippen LogP contribution is 2.14. The maximum absolute atomic E-state index is 12.7. The van der Waals surface area contributed by atoms with Gasteiger partial charge in [0.1, 0.15) is 6.61 Å². The van der Waals surface area contributed by atoms with Crippen LogP contribution in [0.15, 0.2) is 24.3 Å². The van der Waals surface area contributed by atoms with Crippen LogP contribution in [0.4, 0.5) is 0 Å². The molecule has 0 aliphatic carbocycles. The number of nitrogens with zero attached hydrogens (tertiary/aromatic N) is 1. The van der Waals surface area contributed by atoms with Gasteiger partial charge in [-0.15, -0.1) is 0 Å². The van der Waals surface area contributed by atoms with Gasteiger partial charge in [-0.25, -0.2) is 4.79 Å². The second-order valence-electron chi connectivity index (χ2n) is 16.7. The standard InChI is InChI=1S/C47H87NO7/c1-6-8-10-12-14-16-17-18-19-20-21-22-23-24-25-26-27-28-30-32-34-36-38-46(50)55-43(41-53-40-39-44(47(51)52)48(3,4)5)42-54-45(49)37-35-33-31-29-15-13-11-9-7-2/h20-21,23-24,43-44H,6-19,22,25-42H2,1-5H3/p+1/b21-20+,24-23+. The number of allylic oxidation sites excluding steroid dienone is 4. The normalized spacial score (nSPS) is 13.1. The molecule has 0 bridgehead atoms. The molecule has 55 heavy (non-hydrogen) atoms. The molecule has 0 aliphatic rings. The van der Waals surface area contributed by atoms with Crippen molar-refractivity contribution in [2.45, 2.75) is 219 Å². The van der Waals surface area contributed by atoms with Gasteiger partial charge in [0.15, 0.2) is 12.1 Å². The molecule has 0 fully saturated rings. The molecule has 2 unspecified atom stereocenters. The third-order valence-electron chi connectivity index (χ3n) is 10.4. The van der Waals surface area contributed by atoms with Crippen molar-refractivity contribution in [2.75, 3.05) is 41.0 Å². The number of hydrogen-bond acceptors (Lipinski definition) is 6. The first kappa shape index (κ1) is 52.8. The quantitative estimate of drug-likeness (QED) is 0.0285. The van der Waals surface area contributed by atoms with Crippen LogP contribution >= 0.6 is 0 Å². The summed E-state index contributed by atoms with van der Waals surface area (Å²) in [6.07, 6.45) is 42.3. The van der Waals surface area contributed by atoms with Gasteiger partial charge >= 0.3 is 17.9 Å². The highest BCUT2D eigenvalue weighted by molar-refractivity contribution is 5.72. The summed E-state index contributed by atoms with van der Waals surface area (Å²) >= 11 is 0. The number of carbonyl (C=O) groups excluding carboxylic acids is 2. The monoisotopic (exact) mass is 779 g/mol. The largest absolute Gasteiger partial charge is 0.477 e. The molecule has 0 spiro atoms. The van der Waals surface area contributed by atoms with Gasteiger partial charge in [0, 0.05) is 19.3 Å². The number of unbranched alkanes of at least 4 members (excludes halogenated alkanes) is 23. The van der Waals surface area contributed by atoms with E-state index in [1.807, 2.05) is 21.1 Å². The summed E-state index contributed by atoms with van der Waals surface area (Å²) < 4.78 is 17.2. The molecule has 322 valence electrons. The lowest BCUT2D eigenvalue weighted by Gasteiger charge is -2.31. The van der Waals surface area contributed by atoms with E-state index < -0.39 is 18.1 Å². The first-order valence-corrected chi connectivity index (χ1v) is 22.9. The molecule has 2 atom stereocenters. The first-order chi connectivity index (χ1) is 26.6. The van der Waals surface area contributed by atoms with Gasteiger partial charge in [0.05, 0.1) is 34.4 Å². The van der Waals surface area contributed by atoms with E-state index in [1.165, 1.54) is 122 Å². The van der Waals surface area contributed by atoms with E-state index in [1.54, 1.807) is 0 Å². The Labute approximate surface area is 339 Å². The zero-order valence-electron chi connectivity index (χ0n) is 36.6. The van der Waals surface area contributed by atoms with Crippen molar-refractivity contribution in [3.8, 4) is 0 Å². The summed E-state index contributed by atoms with van der Waals surface area (Å²) in [7, 11) is 5.52. The molecular weight excluding hydrogens is 691 g/mol. The SMILES string of the molecule is CCCCCCCCCC/C=C/C/C=C/CCCCCCCCCC(=O)OC(COCCC(C(=O)O)[N+](C)(C)C)COC(=O)CCCCCCCCCCC. The van der Waals surface area contributed by atoms with Crippen LogP contribution in [0.1, 0.15) is 206 Å². The lowest BCUT2D eigenvalue weighted by atomic mass is 10.1. The molecule has 0 amide bonds. The topological polar surface area (TPSA) is 99.1 Å². The van der Waals surface area contributed by atoms with Gasteiger partial charge in [-0.3, -0.25) is 9.59 Å². The Morgan fingerprint density at radius 2 is 0.964 bits per heavy atom. The van der Waals surface area contributed by atoms with Crippen LogP contribution in [0, 0.1) is 0 Å². The van der Waals surface area contributed by atoms with Gasteiger partial charge < -0.3 is 23.8 Å². The molecule has 0 saturated heterocycles. The second-order valence-corrected chi connectivity index (χ2v) is 16.7. The fourth-order valence-electron chi connectivity index (χ4n) is 6.77. The number of hydrogen-bond donors (Lipinski definition) is 1. The van der Waals surface area contributed by atoms with Crippen molar-refractivity contribution in [1.29, 1.82) is 0 Å². The zero-order valence-corrected chi connectivity index (χ0v) is 36.6. The lowest BCUT2D eigenvalue weighted by molar-refractivity contribution is -0.887. The summed E-state index contributed by atoms with van der Waals surface area (Å²) in [6.45, 7) is 4.72. The number of carboxylic acid groups (broad SMARTS) is 1. The zero-order chi connectivity index (χ0) is 40.7. The summed E-state index contributed by atoms with van der Waals surface area (Å²) in [5.41, 5.74) is 0. The third kappa shape index (κ3) is 37.2. The molecule has 1 N–H and O–H groups in total. The van der Waals surface area contributed by atoms with E-state index in [4.69, 9.17) is 14.2 Å². The molecule has 8 nitrogen and oxygen atoms in total. The van der Waals surface area contributed by atoms with Crippen LogP contribution in [0.5, 0.6) is 0 Å². The van der Waals surface area contributed by atoms with Crippen molar-refractivity contribution in [1.82, 2.24) is 0 Å². The van der Waals surface area contributed by atoms with E-state index in [9.17, 15) is 19.5 Å². The number of esters is 2. The van der Waals surface area contributed by atoms with Crippen LogP contribution in [-0.4, -0.2) is 80.6 Å². The molecule has 8 heteroatoms. The number of quaternary nitrogens is 1. The third-order valence-corrected chi connectivity index (χ3v) is 10.4.